The fraction of sp³-hybridized carbons (Fsp3) is 0.391. The number of fused-ring (bicyclic) bond motifs is 1. The molecule has 0 aliphatic carbocycles. The fourth-order valence-corrected chi connectivity index (χ4v) is 5.45. The van der Waals surface area contributed by atoms with Crippen LogP contribution in [0.3, 0.4) is 0 Å². The molecule has 0 saturated carbocycles. The summed E-state index contributed by atoms with van der Waals surface area (Å²) >= 11 is 0. The smallest absolute Gasteiger partial charge is 0.420 e. The lowest BCUT2D eigenvalue weighted by molar-refractivity contribution is -0.116. The Morgan fingerprint density at radius 3 is 2.53 bits per heavy atom. The van der Waals surface area contributed by atoms with Crippen LogP contribution < -0.4 is 20.5 Å². The van der Waals surface area contributed by atoms with Crippen LogP contribution in [0.2, 0.25) is 0 Å². The van der Waals surface area contributed by atoms with Crippen LogP contribution in [0.5, 0.6) is 11.5 Å². The van der Waals surface area contributed by atoms with E-state index in [1.807, 2.05) is 0 Å². The number of benzene rings is 2. The van der Waals surface area contributed by atoms with Crippen molar-refractivity contribution in [1.29, 1.82) is 0 Å². The molecule has 0 radical (unpaired) electrons. The van der Waals surface area contributed by atoms with E-state index in [4.69, 9.17) is 13.9 Å². The molecule has 1 aromatic heterocycles. The van der Waals surface area contributed by atoms with Crippen molar-refractivity contribution in [2.75, 3.05) is 32.6 Å². The van der Waals surface area contributed by atoms with Crippen molar-refractivity contribution in [3.63, 3.8) is 0 Å². The number of piperidine rings is 1. The molecule has 4 rings (SSSR count). The average Bonchev–Trinajstić information content (AvgIpc) is 3.13. The van der Waals surface area contributed by atoms with E-state index in [2.05, 4.69) is 12.2 Å². The van der Waals surface area contributed by atoms with Gasteiger partial charge in [0.15, 0.2) is 5.58 Å². The van der Waals surface area contributed by atoms with Crippen LogP contribution in [0.25, 0.3) is 11.1 Å². The first-order valence-corrected chi connectivity index (χ1v) is 12.3. The Kier molecular flexibility index (Phi) is 6.67. The van der Waals surface area contributed by atoms with Gasteiger partial charge < -0.3 is 19.2 Å². The van der Waals surface area contributed by atoms with Gasteiger partial charge in [-0.05, 0) is 43.0 Å². The number of oxazole rings is 1. The number of hydrogen-bond acceptors (Lipinski definition) is 7. The molecule has 0 bridgehead atoms. The van der Waals surface area contributed by atoms with Gasteiger partial charge in [-0.15, -0.1) is 0 Å². The molecule has 2 aromatic carbocycles. The first-order valence-electron chi connectivity index (χ1n) is 10.9. The summed E-state index contributed by atoms with van der Waals surface area (Å²) in [6.45, 7) is 2.70. The molecule has 1 saturated heterocycles. The zero-order chi connectivity index (χ0) is 24.5. The Morgan fingerprint density at radius 1 is 1.12 bits per heavy atom. The van der Waals surface area contributed by atoms with Gasteiger partial charge in [0.05, 0.1) is 30.3 Å². The molecule has 182 valence electrons. The van der Waals surface area contributed by atoms with Gasteiger partial charge >= 0.3 is 5.76 Å². The molecular formula is C23H27N3O7S. The lowest BCUT2D eigenvalue weighted by Gasteiger charge is -2.29. The number of rotatable bonds is 7. The van der Waals surface area contributed by atoms with Gasteiger partial charge in [0.1, 0.15) is 18.0 Å². The quantitative estimate of drug-likeness (QED) is 0.542. The maximum absolute atomic E-state index is 13.0. The van der Waals surface area contributed by atoms with Gasteiger partial charge in [-0.25, -0.2) is 13.2 Å². The Bertz CT molecular complexity index is 1370. The Hall–Kier alpha value is -3.31. The summed E-state index contributed by atoms with van der Waals surface area (Å²) in [6, 6.07) is 9.18. The van der Waals surface area contributed by atoms with Crippen LogP contribution >= 0.6 is 0 Å². The molecule has 10 nitrogen and oxygen atoms in total. The van der Waals surface area contributed by atoms with Crippen LogP contribution in [0, 0.1) is 5.92 Å². The van der Waals surface area contributed by atoms with Crippen molar-refractivity contribution in [3.8, 4) is 11.5 Å². The molecule has 1 amide bonds. The number of hydrogen-bond donors (Lipinski definition) is 1. The summed E-state index contributed by atoms with van der Waals surface area (Å²) in [5, 5.41) is 2.70. The first-order chi connectivity index (χ1) is 16.2. The largest absolute Gasteiger partial charge is 0.497 e. The number of nitrogens with zero attached hydrogens (tertiary/aromatic N) is 2. The van der Waals surface area contributed by atoms with Gasteiger partial charge in [0.2, 0.25) is 15.9 Å². The molecule has 0 unspecified atom stereocenters. The number of aromatic nitrogens is 1. The summed E-state index contributed by atoms with van der Waals surface area (Å²) in [6.07, 6.45) is 1.61. The fourth-order valence-electron chi connectivity index (χ4n) is 3.97. The topological polar surface area (TPSA) is 120 Å². The number of sulfonamides is 1. The average molecular weight is 490 g/mol. The summed E-state index contributed by atoms with van der Waals surface area (Å²) in [7, 11) is -0.711. The summed E-state index contributed by atoms with van der Waals surface area (Å²) in [5.41, 5.74) is 0.845. The second-order valence-corrected chi connectivity index (χ2v) is 10.2. The van der Waals surface area contributed by atoms with Crippen molar-refractivity contribution >= 4 is 32.7 Å². The van der Waals surface area contributed by atoms with E-state index in [-0.39, 0.29) is 17.0 Å². The third kappa shape index (κ3) is 4.66. The number of methoxy groups -OCH3 is 2. The summed E-state index contributed by atoms with van der Waals surface area (Å²) < 4.78 is 44.4. The predicted molar refractivity (Wildman–Crippen MR) is 126 cm³/mol. The zero-order valence-corrected chi connectivity index (χ0v) is 20.1. The third-order valence-corrected chi connectivity index (χ3v) is 7.90. The zero-order valence-electron chi connectivity index (χ0n) is 19.2. The molecular weight excluding hydrogens is 462 g/mol. The number of carbonyl (C=O) groups is 1. The van der Waals surface area contributed by atoms with Crippen molar-refractivity contribution in [1.82, 2.24) is 8.87 Å². The van der Waals surface area contributed by atoms with E-state index in [0.717, 1.165) is 17.4 Å². The maximum atomic E-state index is 13.0. The molecule has 34 heavy (non-hydrogen) atoms. The van der Waals surface area contributed by atoms with E-state index in [9.17, 15) is 18.0 Å². The van der Waals surface area contributed by atoms with Gasteiger partial charge in [0.25, 0.3) is 0 Å². The number of amides is 1. The van der Waals surface area contributed by atoms with E-state index < -0.39 is 21.7 Å². The molecule has 2 heterocycles. The minimum absolute atomic E-state index is 0.0582. The van der Waals surface area contributed by atoms with Gasteiger partial charge in [-0.2, -0.15) is 4.31 Å². The molecule has 1 fully saturated rings. The van der Waals surface area contributed by atoms with Crippen LogP contribution in [-0.4, -0.2) is 50.5 Å². The number of nitrogens with one attached hydrogen (secondary N) is 1. The lowest BCUT2D eigenvalue weighted by atomic mass is 10.0. The maximum Gasteiger partial charge on any atom is 0.420 e. The Morgan fingerprint density at radius 2 is 1.85 bits per heavy atom. The van der Waals surface area contributed by atoms with Gasteiger partial charge in [0, 0.05) is 25.2 Å². The van der Waals surface area contributed by atoms with E-state index >= 15 is 0 Å². The Balaban J connectivity index is 1.56. The number of anilines is 1. The molecule has 1 aliphatic rings. The lowest BCUT2D eigenvalue weighted by Crippen LogP contribution is -2.37. The summed E-state index contributed by atoms with van der Waals surface area (Å²) in [4.78, 5) is 25.2. The van der Waals surface area contributed by atoms with Gasteiger partial charge in [-0.3, -0.25) is 9.36 Å². The first kappa shape index (κ1) is 23.8. The molecule has 1 aliphatic heterocycles. The summed E-state index contributed by atoms with van der Waals surface area (Å²) in [5.74, 6) is 0.223. The second-order valence-electron chi connectivity index (χ2n) is 8.28. The van der Waals surface area contributed by atoms with Crippen LogP contribution in [-0.2, 0) is 21.4 Å². The van der Waals surface area contributed by atoms with E-state index in [1.54, 1.807) is 18.2 Å². The minimum atomic E-state index is -3.70. The van der Waals surface area contributed by atoms with Crippen LogP contribution in [0.4, 0.5) is 5.69 Å². The molecule has 3 aromatic rings. The highest BCUT2D eigenvalue weighted by Gasteiger charge is 2.29. The van der Waals surface area contributed by atoms with E-state index in [0.29, 0.717) is 41.7 Å². The number of ether oxygens (including phenoxy) is 2. The number of carbonyl (C=O) groups excluding carboxylic acids is 1. The van der Waals surface area contributed by atoms with Crippen molar-refractivity contribution in [2.45, 2.75) is 31.2 Å². The third-order valence-electron chi connectivity index (χ3n) is 6.00. The van der Waals surface area contributed by atoms with Gasteiger partial charge in [-0.1, -0.05) is 6.92 Å². The molecule has 11 heteroatoms. The Labute approximate surface area is 197 Å². The molecule has 0 spiro atoms. The normalized spacial score (nSPS) is 15.4. The SMILES string of the molecule is COc1ccc(NC(=O)Cn2c(=O)oc3cc(S(=O)(=O)N4CCC(C)CC4)ccc32)c(OC)c1. The predicted octanol–water partition coefficient (Wildman–Crippen LogP) is 2.67. The molecule has 0 atom stereocenters. The highest BCUT2D eigenvalue weighted by molar-refractivity contribution is 7.89. The van der Waals surface area contributed by atoms with Crippen molar-refractivity contribution in [3.05, 3.63) is 46.9 Å². The minimum Gasteiger partial charge on any atom is -0.497 e. The van der Waals surface area contributed by atoms with Crippen molar-refractivity contribution in [2.24, 2.45) is 5.92 Å². The van der Waals surface area contributed by atoms with Crippen LogP contribution in [0.15, 0.2) is 50.5 Å². The standard InChI is InChI=1S/C23H27N3O7S/c1-15-8-10-25(11-9-15)34(29,30)17-5-7-19-21(13-17)33-23(28)26(19)14-22(27)24-18-6-4-16(31-2)12-20(18)32-3/h4-7,12-13,15H,8-11,14H2,1-3H3,(H,24,27). The van der Waals surface area contributed by atoms with Crippen LogP contribution in [0.1, 0.15) is 19.8 Å². The monoisotopic (exact) mass is 489 g/mol. The van der Waals surface area contributed by atoms with Crippen molar-refractivity contribution < 1.29 is 27.1 Å². The highest BCUT2D eigenvalue weighted by Crippen LogP contribution is 2.29. The van der Waals surface area contributed by atoms with E-state index in [1.165, 1.54) is 36.7 Å². The molecule has 1 N–H and O–H groups in total. The second kappa shape index (κ2) is 9.51. The highest BCUT2D eigenvalue weighted by atomic mass is 32.2.